The van der Waals surface area contributed by atoms with E-state index < -0.39 is 0 Å². The molecular formula is C15H17N3O2S. The van der Waals surface area contributed by atoms with Gasteiger partial charge in [0.1, 0.15) is 5.56 Å². The Morgan fingerprint density at radius 1 is 1.19 bits per heavy atom. The second-order valence-corrected chi connectivity index (χ2v) is 6.09. The number of piperazine rings is 1. The van der Waals surface area contributed by atoms with Gasteiger partial charge in [-0.1, -0.05) is 6.07 Å². The zero-order chi connectivity index (χ0) is 14.7. The van der Waals surface area contributed by atoms with E-state index in [1.807, 2.05) is 0 Å². The minimum absolute atomic E-state index is 0.173. The Labute approximate surface area is 126 Å². The molecule has 1 N–H and O–H groups in total. The number of aromatic amines is 1. The van der Waals surface area contributed by atoms with Gasteiger partial charge in [-0.2, -0.15) is 0 Å². The van der Waals surface area contributed by atoms with Crippen molar-refractivity contribution in [2.24, 2.45) is 0 Å². The van der Waals surface area contributed by atoms with Gasteiger partial charge in [-0.3, -0.25) is 14.5 Å². The minimum atomic E-state index is -0.316. The zero-order valence-corrected chi connectivity index (χ0v) is 12.4. The van der Waals surface area contributed by atoms with Gasteiger partial charge in [-0.05, 0) is 23.6 Å². The first kappa shape index (κ1) is 14.0. The lowest BCUT2D eigenvalue weighted by Gasteiger charge is -2.34. The van der Waals surface area contributed by atoms with Crippen LogP contribution in [0.1, 0.15) is 15.2 Å². The molecule has 0 atom stereocenters. The highest BCUT2D eigenvalue weighted by atomic mass is 32.1. The molecule has 1 saturated heterocycles. The molecule has 0 bridgehead atoms. The number of carbonyl (C=O) groups excluding carboxylic acids is 1. The fraction of sp³-hybridized carbons (Fsp3) is 0.333. The number of amides is 1. The molecular weight excluding hydrogens is 286 g/mol. The van der Waals surface area contributed by atoms with E-state index in [1.54, 1.807) is 28.4 Å². The second kappa shape index (κ2) is 6.24. The molecule has 1 aliphatic heterocycles. The molecule has 1 aliphatic rings. The number of H-pyrrole nitrogens is 1. The normalized spacial score (nSPS) is 16.1. The van der Waals surface area contributed by atoms with Crippen molar-refractivity contribution in [3.05, 3.63) is 56.6 Å². The maximum absolute atomic E-state index is 12.3. The van der Waals surface area contributed by atoms with Crippen molar-refractivity contribution in [1.82, 2.24) is 14.8 Å². The number of nitrogens with one attached hydrogen (secondary N) is 1. The Morgan fingerprint density at radius 3 is 2.67 bits per heavy atom. The van der Waals surface area contributed by atoms with Gasteiger partial charge in [0.25, 0.3) is 11.5 Å². The molecule has 0 saturated carbocycles. The van der Waals surface area contributed by atoms with Gasteiger partial charge < -0.3 is 9.88 Å². The van der Waals surface area contributed by atoms with E-state index in [1.165, 1.54) is 11.1 Å². The quantitative estimate of drug-likeness (QED) is 0.932. The summed E-state index contributed by atoms with van der Waals surface area (Å²) in [6, 6.07) is 7.45. The highest BCUT2D eigenvalue weighted by molar-refractivity contribution is 7.09. The number of hydrogen-bond acceptors (Lipinski definition) is 4. The Hall–Kier alpha value is -1.92. The molecule has 0 radical (unpaired) electrons. The Kier molecular flexibility index (Phi) is 4.17. The van der Waals surface area contributed by atoms with Crippen LogP contribution < -0.4 is 5.56 Å². The summed E-state index contributed by atoms with van der Waals surface area (Å²) in [7, 11) is 0. The first-order valence-corrected chi connectivity index (χ1v) is 7.84. The predicted molar refractivity (Wildman–Crippen MR) is 82.6 cm³/mol. The van der Waals surface area contributed by atoms with Gasteiger partial charge in [-0.25, -0.2) is 0 Å². The Morgan fingerprint density at radius 2 is 2.00 bits per heavy atom. The van der Waals surface area contributed by atoms with Crippen LogP contribution >= 0.6 is 11.3 Å². The van der Waals surface area contributed by atoms with Gasteiger partial charge in [0.05, 0.1) is 0 Å². The highest BCUT2D eigenvalue weighted by Gasteiger charge is 2.23. The van der Waals surface area contributed by atoms with Crippen molar-refractivity contribution in [2.45, 2.75) is 6.54 Å². The maximum Gasteiger partial charge on any atom is 0.260 e. The molecule has 3 rings (SSSR count). The number of pyridine rings is 1. The third-order valence-electron chi connectivity index (χ3n) is 3.67. The van der Waals surface area contributed by atoms with Crippen LogP contribution in [0.5, 0.6) is 0 Å². The lowest BCUT2D eigenvalue weighted by atomic mass is 10.2. The molecule has 2 aromatic rings. The highest BCUT2D eigenvalue weighted by Crippen LogP contribution is 2.14. The molecule has 2 aromatic heterocycles. The molecule has 5 nitrogen and oxygen atoms in total. The van der Waals surface area contributed by atoms with Crippen LogP contribution in [0.4, 0.5) is 0 Å². The summed E-state index contributed by atoms with van der Waals surface area (Å²) >= 11 is 1.75. The van der Waals surface area contributed by atoms with Crippen molar-refractivity contribution >= 4 is 17.2 Å². The van der Waals surface area contributed by atoms with E-state index in [9.17, 15) is 9.59 Å². The topological polar surface area (TPSA) is 56.4 Å². The molecule has 3 heterocycles. The first-order chi connectivity index (χ1) is 10.2. The van der Waals surface area contributed by atoms with Gasteiger partial charge in [-0.15, -0.1) is 11.3 Å². The van der Waals surface area contributed by atoms with Gasteiger partial charge in [0.15, 0.2) is 0 Å². The number of carbonyl (C=O) groups is 1. The number of nitrogens with zero attached hydrogens (tertiary/aromatic N) is 2. The standard InChI is InChI=1S/C15H17N3O2S/c19-14-13(4-1-5-16-14)15(20)18-8-6-17(7-9-18)11-12-3-2-10-21-12/h1-5,10H,6-9,11H2,(H,16,19). The summed E-state index contributed by atoms with van der Waals surface area (Å²) in [6.45, 7) is 3.95. The summed E-state index contributed by atoms with van der Waals surface area (Å²) < 4.78 is 0. The lowest BCUT2D eigenvalue weighted by molar-refractivity contribution is 0.0628. The minimum Gasteiger partial charge on any atom is -0.336 e. The van der Waals surface area contributed by atoms with Gasteiger partial charge in [0.2, 0.25) is 0 Å². The van der Waals surface area contributed by atoms with Crippen molar-refractivity contribution in [3.8, 4) is 0 Å². The summed E-state index contributed by atoms with van der Waals surface area (Å²) in [5, 5.41) is 2.08. The zero-order valence-electron chi connectivity index (χ0n) is 11.6. The first-order valence-electron chi connectivity index (χ1n) is 6.96. The third kappa shape index (κ3) is 3.22. The molecule has 1 fully saturated rings. The second-order valence-electron chi connectivity index (χ2n) is 5.06. The van der Waals surface area contributed by atoms with Crippen molar-refractivity contribution in [2.75, 3.05) is 26.2 Å². The van der Waals surface area contributed by atoms with Gasteiger partial charge in [0, 0.05) is 43.8 Å². The van der Waals surface area contributed by atoms with E-state index in [-0.39, 0.29) is 17.0 Å². The smallest absolute Gasteiger partial charge is 0.260 e. The van der Waals surface area contributed by atoms with Crippen LogP contribution in [0.15, 0.2) is 40.6 Å². The summed E-state index contributed by atoms with van der Waals surface area (Å²) in [5.41, 5.74) is -0.0901. The predicted octanol–water partition coefficient (Wildman–Crippen LogP) is 1.39. The Balaban J connectivity index is 1.59. The molecule has 1 amide bonds. The molecule has 0 aliphatic carbocycles. The number of hydrogen-bond donors (Lipinski definition) is 1. The van der Waals surface area contributed by atoms with Crippen LogP contribution in [0.2, 0.25) is 0 Å². The summed E-state index contributed by atoms with van der Waals surface area (Å²) in [5.74, 6) is -0.173. The van der Waals surface area contributed by atoms with Crippen LogP contribution in [0.25, 0.3) is 0 Å². The third-order valence-corrected chi connectivity index (χ3v) is 4.53. The number of aromatic nitrogens is 1. The van der Waals surface area contributed by atoms with Crippen LogP contribution in [-0.2, 0) is 6.54 Å². The molecule has 0 aromatic carbocycles. The molecule has 6 heteroatoms. The monoisotopic (exact) mass is 303 g/mol. The van der Waals surface area contributed by atoms with Crippen molar-refractivity contribution < 1.29 is 4.79 Å². The number of thiophene rings is 1. The molecule has 0 spiro atoms. The molecule has 0 unspecified atom stereocenters. The van der Waals surface area contributed by atoms with Crippen LogP contribution in [0, 0.1) is 0 Å². The molecule has 110 valence electrons. The fourth-order valence-electron chi connectivity index (χ4n) is 2.49. The Bertz CT molecular complexity index is 658. The van der Waals surface area contributed by atoms with E-state index >= 15 is 0 Å². The van der Waals surface area contributed by atoms with Crippen LogP contribution in [-0.4, -0.2) is 46.9 Å². The van der Waals surface area contributed by atoms with E-state index in [4.69, 9.17) is 0 Å². The van der Waals surface area contributed by atoms with E-state index in [0.29, 0.717) is 13.1 Å². The average Bonchev–Trinajstić information content (AvgIpc) is 3.01. The summed E-state index contributed by atoms with van der Waals surface area (Å²) in [6.07, 6.45) is 1.54. The number of rotatable bonds is 3. The largest absolute Gasteiger partial charge is 0.336 e. The SMILES string of the molecule is O=C(c1ccc[nH]c1=O)N1CCN(Cc2cccs2)CC1. The van der Waals surface area contributed by atoms with Crippen molar-refractivity contribution in [3.63, 3.8) is 0 Å². The lowest BCUT2D eigenvalue weighted by Crippen LogP contribution is -2.49. The maximum atomic E-state index is 12.3. The average molecular weight is 303 g/mol. The van der Waals surface area contributed by atoms with E-state index in [0.717, 1.165) is 19.6 Å². The summed E-state index contributed by atoms with van der Waals surface area (Å²) in [4.78, 5) is 32.0. The van der Waals surface area contributed by atoms with Crippen molar-refractivity contribution in [1.29, 1.82) is 0 Å². The fourth-order valence-corrected chi connectivity index (χ4v) is 3.24. The van der Waals surface area contributed by atoms with Gasteiger partial charge >= 0.3 is 0 Å². The van der Waals surface area contributed by atoms with Crippen LogP contribution in [0.3, 0.4) is 0 Å². The molecule has 21 heavy (non-hydrogen) atoms. The van der Waals surface area contributed by atoms with E-state index in [2.05, 4.69) is 27.4 Å².